The SMILES string of the molecule is CCCCN1C(=O)C(=O)/C(=C(\O)c2ccc(Cl)c(OCC)c2)C1c1ccc(C(C)(C)C)cc1. The number of unbranched alkanes of at least 4 members (excludes halogenated alkanes) is 1. The summed E-state index contributed by atoms with van der Waals surface area (Å²) in [6.45, 7) is 11.1. The second-order valence-corrected chi connectivity index (χ2v) is 9.70. The third-order valence-electron chi connectivity index (χ3n) is 5.89. The van der Waals surface area contributed by atoms with Crippen LogP contribution in [0.25, 0.3) is 5.76 Å². The van der Waals surface area contributed by atoms with E-state index in [1.165, 1.54) is 0 Å². The van der Waals surface area contributed by atoms with Gasteiger partial charge in [-0.2, -0.15) is 0 Å². The quantitative estimate of drug-likeness (QED) is 0.295. The molecule has 0 spiro atoms. The molecule has 1 aliphatic rings. The van der Waals surface area contributed by atoms with Crippen LogP contribution in [-0.4, -0.2) is 34.8 Å². The zero-order chi connectivity index (χ0) is 24.3. The van der Waals surface area contributed by atoms with E-state index in [2.05, 4.69) is 20.8 Å². The molecular formula is C27H32ClNO4. The molecule has 0 bridgehead atoms. The minimum Gasteiger partial charge on any atom is -0.507 e. The highest BCUT2D eigenvalue weighted by Crippen LogP contribution is 2.41. The van der Waals surface area contributed by atoms with Crippen molar-refractivity contribution in [3.05, 3.63) is 69.8 Å². The number of aliphatic hydroxyl groups excluding tert-OH is 1. The van der Waals surface area contributed by atoms with Crippen LogP contribution in [0.2, 0.25) is 5.02 Å². The Morgan fingerprint density at radius 3 is 2.33 bits per heavy atom. The number of benzene rings is 2. The van der Waals surface area contributed by atoms with Crippen molar-refractivity contribution in [1.82, 2.24) is 4.90 Å². The number of ketones is 1. The highest BCUT2D eigenvalue weighted by atomic mass is 35.5. The first-order valence-corrected chi connectivity index (χ1v) is 11.8. The summed E-state index contributed by atoms with van der Waals surface area (Å²) in [7, 11) is 0. The number of aliphatic hydroxyl groups is 1. The van der Waals surface area contributed by atoms with Crippen molar-refractivity contribution in [2.45, 2.75) is 58.9 Å². The first kappa shape index (κ1) is 24.8. The van der Waals surface area contributed by atoms with E-state index in [1.54, 1.807) is 23.1 Å². The van der Waals surface area contributed by atoms with E-state index in [1.807, 2.05) is 38.1 Å². The molecule has 6 heteroatoms. The van der Waals surface area contributed by atoms with Crippen molar-refractivity contribution in [1.29, 1.82) is 0 Å². The van der Waals surface area contributed by atoms with Crippen LogP contribution in [0, 0.1) is 0 Å². The van der Waals surface area contributed by atoms with Crippen LogP contribution >= 0.6 is 11.6 Å². The van der Waals surface area contributed by atoms with E-state index in [4.69, 9.17) is 16.3 Å². The molecule has 1 aliphatic heterocycles. The lowest BCUT2D eigenvalue weighted by molar-refractivity contribution is -0.139. The topological polar surface area (TPSA) is 66.8 Å². The molecule has 33 heavy (non-hydrogen) atoms. The largest absolute Gasteiger partial charge is 0.507 e. The zero-order valence-corrected chi connectivity index (χ0v) is 20.7. The molecule has 0 saturated carbocycles. The van der Waals surface area contributed by atoms with Crippen molar-refractivity contribution in [2.75, 3.05) is 13.2 Å². The van der Waals surface area contributed by atoms with Crippen LogP contribution in [0.15, 0.2) is 48.0 Å². The molecule has 3 rings (SSSR count). The lowest BCUT2D eigenvalue weighted by atomic mass is 9.85. The van der Waals surface area contributed by atoms with Gasteiger partial charge in [0.25, 0.3) is 11.7 Å². The summed E-state index contributed by atoms with van der Waals surface area (Å²) in [5.74, 6) is -1.08. The smallest absolute Gasteiger partial charge is 0.295 e. The average Bonchev–Trinajstić information content (AvgIpc) is 3.03. The fourth-order valence-corrected chi connectivity index (χ4v) is 4.20. The van der Waals surface area contributed by atoms with Crippen molar-refractivity contribution < 1.29 is 19.4 Å². The molecule has 1 N–H and O–H groups in total. The number of ether oxygens (including phenoxy) is 1. The number of Topliss-reactive ketones (excluding diaryl/α,β-unsaturated/α-hetero) is 1. The third kappa shape index (κ3) is 5.09. The summed E-state index contributed by atoms with van der Waals surface area (Å²) >= 11 is 6.20. The molecule has 1 fully saturated rings. The van der Waals surface area contributed by atoms with Gasteiger partial charge in [0.1, 0.15) is 11.5 Å². The number of carbonyl (C=O) groups is 2. The predicted octanol–water partition coefficient (Wildman–Crippen LogP) is 6.26. The van der Waals surface area contributed by atoms with Gasteiger partial charge in [0.05, 0.1) is 23.2 Å². The van der Waals surface area contributed by atoms with Crippen molar-refractivity contribution in [2.24, 2.45) is 0 Å². The fourth-order valence-electron chi connectivity index (χ4n) is 4.02. The van der Waals surface area contributed by atoms with E-state index in [0.717, 1.165) is 24.0 Å². The number of nitrogens with zero attached hydrogens (tertiary/aromatic N) is 1. The molecule has 1 atom stereocenters. The van der Waals surface area contributed by atoms with Crippen molar-refractivity contribution >= 4 is 29.1 Å². The Kier molecular flexibility index (Phi) is 7.53. The first-order chi connectivity index (χ1) is 15.6. The van der Waals surface area contributed by atoms with Crippen LogP contribution in [0.4, 0.5) is 0 Å². The molecule has 0 aromatic heterocycles. The van der Waals surface area contributed by atoms with Gasteiger partial charge in [-0.3, -0.25) is 9.59 Å². The number of rotatable bonds is 7. The molecule has 2 aromatic rings. The van der Waals surface area contributed by atoms with Crippen molar-refractivity contribution in [3.63, 3.8) is 0 Å². The Hall–Kier alpha value is -2.79. The molecule has 1 saturated heterocycles. The van der Waals surface area contributed by atoms with Gasteiger partial charge in [-0.1, -0.05) is 70.0 Å². The summed E-state index contributed by atoms with van der Waals surface area (Å²) in [6, 6.07) is 12.1. The van der Waals surface area contributed by atoms with E-state index in [9.17, 15) is 14.7 Å². The van der Waals surface area contributed by atoms with Gasteiger partial charge in [-0.15, -0.1) is 0 Å². The van der Waals surface area contributed by atoms with Crippen LogP contribution < -0.4 is 4.74 Å². The Balaban J connectivity index is 2.15. The number of carbonyl (C=O) groups excluding carboxylic acids is 2. The molecule has 176 valence electrons. The van der Waals surface area contributed by atoms with Crippen molar-refractivity contribution in [3.8, 4) is 5.75 Å². The van der Waals surface area contributed by atoms with E-state index in [0.29, 0.717) is 29.5 Å². The van der Waals surface area contributed by atoms with E-state index in [-0.39, 0.29) is 16.7 Å². The maximum absolute atomic E-state index is 13.1. The van der Waals surface area contributed by atoms with Crippen LogP contribution in [0.1, 0.15) is 70.2 Å². The summed E-state index contributed by atoms with van der Waals surface area (Å²) < 4.78 is 5.54. The average molecular weight is 470 g/mol. The summed E-state index contributed by atoms with van der Waals surface area (Å²) in [6.07, 6.45) is 1.65. The van der Waals surface area contributed by atoms with E-state index >= 15 is 0 Å². The maximum Gasteiger partial charge on any atom is 0.295 e. The Bertz CT molecular complexity index is 1070. The van der Waals surface area contributed by atoms with Gasteiger partial charge in [-0.05, 0) is 48.1 Å². The lowest BCUT2D eigenvalue weighted by Crippen LogP contribution is -2.30. The molecule has 1 heterocycles. The monoisotopic (exact) mass is 469 g/mol. The standard InChI is InChI=1S/C27H32ClNO4/c1-6-8-15-29-23(17-9-12-19(13-10-17)27(3,4)5)22(25(31)26(29)32)24(30)18-11-14-20(28)21(16-18)33-7-2/h9-14,16,23,30H,6-8,15H2,1-5H3/b24-22-. The normalized spacial score (nSPS) is 18.1. The molecule has 0 aliphatic carbocycles. The summed E-state index contributed by atoms with van der Waals surface area (Å²) in [4.78, 5) is 27.7. The summed E-state index contributed by atoms with van der Waals surface area (Å²) in [5.41, 5.74) is 2.38. The molecule has 2 aromatic carbocycles. The zero-order valence-electron chi connectivity index (χ0n) is 19.9. The second-order valence-electron chi connectivity index (χ2n) is 9.30. The number of halogens is 1. The molecule has 1 amide bonds. The molecular weight excluding hydrogens is 438 g/mol. The van der Waals surface area contributed by atoms with Gasteiger partial charge in [0, 0.05) is 12.1 Å². The number of hydrogen-bond acceptors (Lipinski definition) is 4. The van der Waals surface area contributed by atoms with Gasteiger partial charge < -0.3 is 14.7 Å². The highest BCUT2D eigenvalue weighted by Gasteiger charge is 2.45. The van der Waals surface area contributed by atoms with Crippen LogP contribution in [0.5, 0.6) is 5.75 Å². The third-order valence-corrected chi connectivity index (χ3v) is 6.20. The van der Waals surface area contributed by atoms with Crippen LogP contribution in [0.3, 0.4) is 0 Å². The Labute approximate surface area is 201 Å². The van der Waals surface area contributed by atoms with Gasteiger partial charge >= 0.3 is 0 Å². The molecule has 1 unspecified atom stereocenters. The Morgan fingerprint density at radius 2 is 1.76 bits per heavy atom. The summed E-state index contributed by atoms with van der Waals surface area (Å²) in [5, 5.41) is 11.6. The highest BCUT2D eigenvalue weighted by molar-refractivity contribution is 6.46. The predicted molar refractivity (Wildman–Crippen MR) is 132 cm³/mol. The number of hydrogen-bond donors (Lipinski definition) is 1. The Morgan fingerprint density at radius 1 is 1.09 bits per heavy atom. The minimum atomic E-state index is -0.679. The minimum absolute atomic E-state index is 0.0263. The van der Waals surface area contributed by atoms with E-state index < -0.39 is 17.7 Å². The van der Waals surface area contributed by atoms with Gasteiger partial charge in [0.15, 0.2) is 0 Å². The second kappa shape index (κ2) is 10.0. The lowest BCUT2D eigenvalue weighted by Gasteiger charge is -2.26. The van der Waals surface area contributed by atoms with Gasteiger partial charge in [0.2, 0.25) is 0 Å². The first-order valence-electron chi connectivity index (χ1n) is 11.4. The maximum atomic E-state index is 13.1. The number of amides is 1. The molecule has 0 radical (unpaired) electrons. The molecule has 5 nitrogen and oxygen atoms in total. The fraction of sp³-hybridized carbons (Fsp3) is 0.407. The number of likely N-dealkylation sites (tertiary alicyclic amines) is 1. The van der Waals surface area contributed by atoms with Crippen LogP contribution in [-0.2, 0) is 15.0 Å². The van der Waals surface area contributed by atoms with Gasteiger partial charge in [-0.25, -0.2) is 0 Å².